The SMILES string of the molecule is Cc1c(N)c(N)cc2nccnc12. The van der Waals surface area contributed by atoms with Crippen LogP contribution < -0.4 is 11.5 Å². The van der Waals surface area contributed by atoms with Gasteiger partial charge in [-0.05, 0) is 13.0 Å². The zero-order chi connectivity index (χ0) is 9.42. The van der Waals surface area contributed by atoms with Crippen molar-refractivity contribution in [1.29, 1.82) is 0 Å². The molecule has 0 unspecified atom stereocenters. The molecule has 1 heterocycles. The molecule has 0 fully saturated rings. The Morgan fingerprint density at radius 3 is 2.62 bits per heavy atom. The van der Waals surface area contributed by atoms with Gasteiger partial charge in [-0.25, -0.2) is 0 Å². The van der Waals surface area contributed by atoms with Crippen molar-refractivity contribution in [1.82, 2.24) is 9.97 Å². The number of aromatic nitrogens is 2. The van der Waals surface area contributed by atoms with Gasteiger partial charge in [0.1, 0.15) is 0 Å². The number of benzene rings is 1. The molecular formula is C9H10N4. The second-order valence-corrected chi connectivity index (χ2v) is 2.93. The van der Waals surface area contributed by atoms with Crippen LogP contribution in [-0.2, 0) is 0 Å². The molecule has 66 valence electrons. The summed E-state index contributed by atoms with van der Waals surface area (Å²) in [7, 11) is 0. The number of hydrogen-bond acceptors (Lipinski definition) is 4. The van der Waals surface area contributed by atoms with Crippen LogP contribution in [0.3, 0.4) is 0 Å². The molecule has 1 aromatic heterocycles. The smallest absolute Gasteiger partial charge is 0.0937 e. The molecule has 0 spiro atoms. The van der Waals surface area contributed by atoms with E-state index in [1.54, 1.807) is 18.5 Å². The number of nitrogens with two attached hydrogens (primary N) is 2. The van der Waals surface area contributed by atoms with Crippen molar-refractivity contribution in [3.63, 3.8) is 0 Å². The standard InChI is InChI=1S/C9H10N4/c1-5-8(11)6(10)4-7-9(5)13-3-2-12-7/h2-4H,10-11H2,1H3. The molecule has 0 aliphatic carbocycles. The average Bonchev–Trinajstić information content (AvgIpc) is 2.15. The van der Waals surface area contributed by atoms with Crippen molar-refractivity contribution in [3.8, 4) is 0 Å². The van der Waals surface area contributed by atoms with Gasteiger partial charge in [-0.2, -0.15) is 0 Å². The molecule has 1 aromatic carbocycles. The summed E-state index contributed by atoms with van der Waals surface area (Å²) in [5.41, 5.74) is 15.1. The van der Waals surface area contributed by atoms with E-state index in [1.807, 2.05) is 6.92 Å². The number of nitrogen functional groups attached to an aromatic ring is 2. The van der Waals surface area contributed by atoms with E-state index in [1.165, 1.54) is 0 Å². The molecule has 4 nitrogen and oxygen atoms in total. The van der Waals surface area contributed by atoms with Crippen molar-refractivity contribution in [2.75, 3.05) is 11.5 Å². The third-order valence-corrected chi connectivity index (χ3v) is 2.09. The Bertz CT molecular complexity index is 464. The van der Waals surface area contributed by atoms with Crippen molar-refractivity contribution in [2.45, 2.75) is 6.92 Å². The molecule has 0 amide bonds. The van der Waals surface area contributed by atoms with Gasteiger partial charge in [-0.1, -0.05) is 0 Å². The summed E-state index contributed by atoms with van der Waals surface area (Å²) in [6, 6.07) is 1.74. The van der Waals surface area contributed by atoms with E-state index in [-0.39, 0.29) is 0 Å². The quantitative estimate of drug-likeness (QED) is 0.586. The zero-order valence-corrected chi connectivity index (χ0v) is 7.28. The minimum atomic E-state index is 0.561. The van der Waals surface area contributed by atoms with Gasteiger partial charge in [0.2, 0.25) is 0 Å². The van der Waals surface area contributed by atoms with Crippen molar-refractivity contribution in [2.24, 2.45) is 0 Å². The molecule has 0 saturated carbocycles. The average molecular weight is 174 g/mol. The largest absolute Gasteiger partial charge is 0.397 e. The Balaban J connectivity index is 2.94. The highest BCUT2D eigenvalue weighted by atomic mass is 14.8. The second kappa shape index (κ2) is 2.58. The number of hydrogen-bond donors (Lipinski definition) is 2. The first-order chi connectivity index (χ1) is 6.20. The lowest BCUT2D eigenvalue weighted by Gasteiger charge is -2.06. The van der Waals surface area contributed by atoms with Crippen LogP contribution in [0.5, 0.6) is 0 Å². The molecule has 2 rings (SSSR count). The van der Waals surface area contributed by atoms with Crippen molar-refractivity contribution in [3.05, 3.63) is 24.0 Å². The van der Waals surface area contributed by atoms with Gasteiger partial charge in [0.05, 0.1) is 22.4 Å². The first-order valence-corrected chi connectivity index (χ1v) is 3.95. The van der Waals surface area contributed by atoms with Crippen molar-refractivity contribution >= 4 is 22.4 Å². The van der Waals surface area contributed by atoms with E-state index < -0.39 is 0 Å². The minimum Gasteiger partial charge on any atom is -0.397 e. The molecule has 0 bridgehead atoms. The summed E-state index contributed by atoms with van der Waals surface area (Å²) in [5, 5.41) is 0. The maximum Gasteiger partial charge on any atom is 0.0937 e. The lowest BCUT2D eigenvalue weighted by atomic mass is 10.1. The third kappa shape index (κ3) is 1.07. The highest BCUT2D eigenvalue weighted by molar-refractivity contribution is 5.89. The topological polar surface area (TPSA) is 77.8 Å². The first kappa shape index (κ1) is 7.79. The predicted molar refractivity (Wildman–Crippen MR) is 53.1 cm³/mol. The second-order valence-electron chi connectivity index (χ2n) is 2.93. The van der Waals surface area contributed by atoms with Crippen LogP contribution >= 0.6 is 0 Å². The number of rotatable bonds is 0. The third-order valence-electron chi connectivity index (χ3n) is 2.09. The molecule has 2 aromatic rings. The van der Waals surface area contributed by atoms with Crippen LogP contribution in [-0.4, -0.2) is 9.97 Å². The Morgan fingerprint density at radius 1 is 1.15 bits per heavy atom. The summed E-state index contributed by atoms with van der Waals surface area (Å²) in [5.74, 6) is 0. The maximum atomic E-state index is 5.76. The lowest BCUT2D eigenvalue weighted by Crippen LogP contribution is -1.99. The number of nitrogens with zero attached hydrogens (tertiary/aromatic N) is 2. The Morgan fingerprint density at radius 2 is 1.85 bits per heavy atom. The number of fused-ring (bicyclic) bond motifs is 1. The maximum absolute atomic E-state index is 5.76. The minimum absolute atomic E-state index is 0.561. The summed E-state index contributed by atoms with van der Waals surface area (Å²) in [6.07, 6.45) is 3.28. The van der Waals surface area contributed by atoms with E-state index in [2.05, 4.69) is 9.97 Å². The van der Waals surface area contributed by atoms with E-state index in [9.17, 15) is 0 Å². The van der Waals surface area contributed by atoms with Crippen LogP contribution in [0.4, 0.5) is 11.4 Å². The van der Waals surface area contributed by atoms with E-state index >= 15 is 0 Å². The fraction of sp³-hybridized carbons (Fsp3) is 0.111. The van der Waals surface area contributed by atoms with E-state index in [4.69, 9.17) is 11.5 Å². The van der Waals surface area contributed by atoms with Crippen LogP contribution in [0.25, 0.3) is 11.0 Å². The highest BCUT2D eigenvalue weighted by Crippen LogP contribution is 2.25. The van der Waals surface area contributed by atoms with Crippen LogP contribution in [0.15, 0.2) is 18.5 Å². The summed E-state index contributed by atoms with van der Waals surface area (Å²) < 4.78 is 0. The lowest BCUT2D eigenvalue weighted by molar-refractivity contribution is 1.28. The monoisotopic (exact) mass is 174 g/mol. The Hall–Kier alpha value is -1.84. The van der Waals surface area contributed by atoms with Gasteiger partial charge < -0.3 is 11.5 Å². The van der Waals surface area contributed by atoms with Crippen LogP contribution in [0.2, 0.25) is 0 Å². The van der Waals surface area contributed by atoms with Gasteiger partial charge in [0, 0.05) is 18.0 Å². The number of anilines is 2. The van der Waals surface area contributed by atoms with Gasteiger partial charge in [-0.15, -0.1) is 0 Å². The molecular weight excluding hydrogens is 164 g/mol. The van der Waals surface area contributed by atoms with Crippen LogP contribution in [0, 0.1) is 6.92 Å². The molecule has 0 aliphatic heterocycles. The Labute approximate surface area is 75.6 Å². The Kier molecular flexibility index (Phi) is 1.55. The predicted octanol–water partition coefficient (Wildman–Crippen LogP) is 1.10. The van der Waals surface area contributed by atoms with Gasteiger partial charge >= 0.3 is 0 Å². The van der Waals surface area contributed by atoms with Crippen molar-refractivity contribution < 1.29 is 0 Å². The fourth-order valence-corrected chi connectivity index (χ4v) is 1.31. The molecule has 0 atom stereocenters. The molecule has 13 heavy (non-hydrogen) atoms. The van der Waals surface area contributed by atoms with Gasteiger partial charge in [0.15, 0.2) is 0 Å². The normalized spacial score (nSPS) is 10.5. The summed E-state index contributed by atoms with van der Waals surface area (Å²) >= 11 is 0. The van der Waals surface area contributed by atoms with Crippen LogP contribution in [0.1, 0.15) is 5.56 Å². The fourth-order valence-electron chi connectivity index (χ4n) is 1.31. The summed E-state index contributed by atoms with van der Waals surface area (Å²) in [6.45, 7) is 1.89. The van der Waals surface area contributed by atoms with E-state index in [0.29, 0.717) is 11.4 Å². The molecule has 0 radical (unpaired) electrons. The molecule has 0 saturated heterocycles. The number of aryl methyl sites for hydroxylation is 1. The highest BCUT2D eigenvalue weighted by Gasteiger charge is 2.05. The molecule has 4 heteroatoms. The van der Waals surface area contributed by atoms with Gasteiger partial charge in [-0.3, -0.25) is 9.97 Å². The van der Waals surface area contributed by atoms with E-state index in [0.717, 1.165) is 16.6 Å². The molecule has 4 N–H and O–H groups in total. The first-order valence-electron chi connectivity index (χ1n) is 3.95. The molecule has 0 aliphatic rings. The van der Waals surface area contributed by atoms with Gasteiger partial charge in [0.25, 0.3) is 0 Å². The zero-order valence-electron chi connectivity index (χ0n) is 7.28. The summed E-state index contributed by atoms with van der Waals surface area (Å²) in [4.78, 5) is 8.33.